The third kappa shape index (κ3) is 5.49. The van der Waals surface area contributed by atoms with Gasteiger partial charge in [-0.2, -0.15) is 5.10 Å². The molecule has 168 valence electrons. The fourth-order valence-electron chi connectivity index (χ4n) is 3.96. The van der Waals surface area contributed by atoms with Crippen LogP contribution >= 0.6 is 0 Å². The number of aromatic nitrogens is 5. The van der Waals surface area contributed by atoms with Crippen molar-refractivity contribution in [2.45, 2.75) is 58.4 Å². The van der Waals surface area contributed by atoms with Crippen LogP contribution in [0.15, 0.2) is 36.8 Å². The molecule has 0 aromatic carbocycles. The largest absolute Gasteiger partial charge is 0.466 e. The van der Waals surface area contributed by atoms with Gasteiger partial charge in [-0.1, -0.05) is 6.07 Å². The number of fused-ring (bicyclic) bond motifs is 1. The minimum absolute atomic E-state index is 0.188. The molecule has 0 amide bonds. The topological polar surface area (TPSA) is 94.8 Å². The van der Waals surface area contributed by atoms with Crippen molar-refractivity contribution in [2.24, 2.45) is 0 Å². The highest BCUT2D eigenvalue weighted by Gasteiger charge is 2.21. The fourth-order valence-corrected chi connectivity index (χ4v) is 3.96. The zero-order valence-corrected chi connectivity index (χ0v) is 18.8. The van der Waals surface area contributed by atoms with Gasteiger partial charge in [0.2, 0.25) is 0 Å². The van der Waals surface area contributed by atoms with Crippen molar-refractivity contribution in [1.82, 2.24) is 24.7 Å². The number of rotatable bonds is 9. The molecule has 3 aromatic rings. The summed E-state index contributed by atoms with van der Waals surface area (Å²) in [6.07, 6.45) is 10.6. The van der Waals surface area contributed by atoms with Gasteiger partial charge in [0.1, 0.15) is 11.6 Å². The second-order valence-electron chi connectivity index (χ2n) is 8.07. The van der Waals surface area contributed by atoms with Crippen LogP contribution in [-0.2, 0) is 28.8 Å². The normalized spacial score (nSPS) is 13.8. The van der Waals surface area contributed by atoms with E-state index in [4.69, 9.17) is 14.8 Å². The summed E-state index contributed by atoms with van der Waals surface area (Å²) in [5.41, 5.74) is 4.24. The Morgan fingerprint density at radius 1 is 1.19 bits per heavy atom. The molecule has 1 unspecified atom stereocenters. The molecule has 8 heteroatoms. The lowest BCUT2D eigenvalue weighted by atomic mass is 10.1. The summed E-state index contributed by atoms with van der Waals surface area (Å²) >= 11 is 0. The van der Waals surface area contributed by atoms with Gasteiger partial charge in [0, 0.05) is 36.4 Å². The van der Waals surface area contributed by atoms with Gasteiger partial charge in [0.05, 0.1) is 24.8 Å². The van der Waals surface area contributed by atoms with E-state index in [1.54, 1.807) is 19.3 Å². The number of pyridine rings is 1. The molecule has 32 heavy (non-hydrogen) atoms. The standard InChI is InChI=1S/C24H30N6O2/c1-3-32-23(31)14-22(19-15-26-17(2)27-16-19)30-13-11-21(29-30)8-4-7-20-10-9-18-6-5-12-25-24(18)28-20/h9-11,13,15-16,22H,3-8,12,14H2,1-2H3,(H,25,28). The van der Waals surface area contributed by atoms with Gasteiger partial charge in [-0.15, -0.1) is 0 Å². The summed E-state index contributed by atoms with van der Waals surface area (Å²) in [7, 11) is 0. The van der Waals surface area contributed by atoms with Gasteiger partial charge < -0.3 is 10.1 Å². The zero-order valence-electron chi connectivity index (χ0n) is 18.8. The van der Waals surface area contributed by atoms with Crippen molar-refractivity contribution in [1.29, 1.82) is 0 Å². The molecule has 0 radical (unpaired) electrons. The summed E-state index contributed by atoms with van der Waals surface area (Å²) in [6, 6.07) is 6.05. The maximum atomic E-state index is 12.2. The maximum Gasteiger partial charge on any atom is 0.308 e. The number of carbonyl (C=O) groups excluding carboxylic acids is 1. The predicted octanol–water partition coefficient (Wildman–Crippen LogP) is 3.45. The van der Waals surface area contributed by atoms with Gasteiger partial charge in [-0.05, 0) is 63.6 Å². The van der Waals surface area contributed by atoms with Gasteiger partial charge in [-0.3, -0.25) is 9.48 Å². The number of hydrogen-bond donors (Lipinski definition) is 1. The number of nitrogens with zero attached hydrogens (tertiary/aromatic N) is 5. The lowest BCUT2D eigenvalue weighted by molar-refractivity contribution is -0.143. The molecule has 3 aromatic heterocycles. The number of anilines is 1. The van der Waals surface area contributed by atoms with E-state index in [0.29, 0.717) is 12.4 Å². The Balaban J connectivity index is 1.40. The van der Waals surface area contributed by atoms with Gasteiger partial charge in [0.15, 0.2) is 0 Å². The molecule has 0 saturated carbocycles. The van der Waals surface area contributed by atoms with Crippen molar-refractivity contribution < 1.29 is 9.53 Å². The second-order valence-corrected chi connectivity index (χ2v) is 8.07. The Morgan fingerprint density at radius 2 is 2.00 bits per heavy atom. The number of aryl methyl sites for hydroxylation is 4. The Kier molecular flexibility index (Phi) is 7.09. The molecular formula is C24H30N6O2. The van der Waals surface area contributed by atoms with Crippen LogP contribution in [0.3, 0.4) is 0 Å². The summed E-state index contributed by atoms with van der Waals surface area (Å²) in [5.74, 6) is 1.47. The van der Waals surface area contributed by atoms with Crippen LogP contribution in [0.2, 0.25) is 0 Å². The van der Waals surface area contributed by atoms with E-state index >= 15 is 0 Å². The highest BCUT2D eigenvalue weighted by atomic mass is 16.5. The second kappa shape index (κ2) is 10.3. The summed E-state index contributed by atoms with van der Waals surface area (Å²) in [5, 5.41) is 8.14. The molecular weight excluding hydrogens is 404 g/mol. The number of esters is 1. The molecule has 0 aliphatic carbocycles. The molecule has 1 atom stereocenters. The smallest absolute Gasteiger partial charge is 0.308 e. The zero-order chi connectivity index (χ0) is 22.3. The Morgan fingerprint density at radius 3 is 2.81 bits per heavy atom. The highest BCUT2D eigenvalue weighted by Crippen LogP contribution is 2.23. The van der Waals surface area contributed by atoms with E-state index < -0.39 is 0 Å². The van der Waals surface area contributed by atoms with E-state index in [9.17, 15) is 4.79 Å². The summed E-state index contributed by atoms with van der Waals surface area (Å²) in [4.78, 5) is 25.5. The molecule has 1 aliphatic heterocycles. The summed E-state index contributed by atoms with van der Waals surface area (Å²) in [6.45, 7) is 5.00. The fraction of sp³-hybridized carbons (Fsp3) is 0.458. The monoisotopic (exact) mass is 434 g/mol. The van der Waals surface area contributed by atoms with E-state index in [-0.39, 0.29) is 18.4 Å². The molecule has 0 fully saturated rings. The molecule has 1 N–H and O–H groups in total. The van der Waals surface area contributed by atoms with E-state index in [1.165, 1.54) is 12.0 Å². The first-order valence-corrected chi connectivity index (χ1v) is 11.3. The Hall–Kier alpha value is -3.29. The van der Waals surface area contributed by atoms with Gasteiger partial charge >= 0.3 is 5.97 Å². The molecule has 4 rings (SSSR count). The quantitative estimate of drug-likeness (QED) is 0.515. The van der Waals surface area contributed by atoms with Crippen LogP contribution in [0.4, 0.5) is 5.82 Å². The van der Waals surface area contributed by atoms with Gasteiger partial charge in [-0.25, -0.2) is 15.0 Å². The average Bonchev–Trinajstić information content (AvgIpc) is 3.27. The number of hydrogen-bond acceptors (Lipinski definition) is 7. The van der Waals surface area contributed by atoms with E-state index in [0.717, 1.165) is 55.0 Å². The molecule has 1 aliphatic rings. The van der Waals surface area contributed by atoms with Crippen molar-refractivity contribution >= 4 is 11.8 Å². The van der Waals surface area contributed by atoms with Gasteiger partial charge in [0.25, 0.3) is 0 Å². The Labute approximate surface area is 188 Å². The third-order valence-electron chi connectivity index (χ3n) is 5.65. The molecule has 8 nitrogen and oxygen atoms in total. The first kappa shape index (κ1) is 21.9. The SMILES string of the molecule is CCOC(=O)CC(c1cnc(C)nc1)n1ccc(CCCc2ccc3c(n2)NCCC3)n1. The Bertz CT molecular complexity index is 1050. The highest BCUT2D eigenvalue weighted by molar-refractivity contribution is 5.70. The lowest BCUT2D eigenvalue weighted by Gasteiger charge is -2.17. The van der Waals surface area contributed by atoms with Crippen molar-refractivity contribution in [3.8, 4) is 0 Å². The first-order chi connectivity index (χ1) is 15.6. The number of carbonyl (C=O) groups is 1. The number of ether oxygens (including phenoxy) is 1. The first-order valence-electron chi connectivity index (χ1n) is 11.3. The maximum absolute atomic E-state index is 12.2. The molecule has 0 saturated heterocycles. The average molecular weight is 435 g/mol. The molecule has 4 heterocycles. The number of nitrogens with one attached hydrogen (secondary N) is 1. The van der Waals surface area contributed by atoms with E-state index in [1.807, 2.05) is 23.9 Å². The van der Waals surface area contributed by atoms with Crippen LogP contribution in [0.5, 0.6) is 0 Å². The van der Waals surface area contributed by atoms with Crippen LogP contribution in [0.25, 0.3) is 0 Å². The van der Waals surface area contributed by atoms with Crippen LogP contribution in [0, 0.1) is 6.92 Å². The third-order valence-corrected chi connectivity index (χ3v) is 5.65. The molecule has 0 spiro atoms. The molecule has 0 bridgehead atoms. The minimum atomic E-state index is -0.295. The van der Waals surface area contributed by atoms with Crippen LogP contribution in [0.1, 0.15) is 60.6 Å². The lowest BCUT2D eigenvalue weighted by Crippen LogP contribution is -2.18. The summed E-state index contributed by atoms with van der Waals surface area (Å²) < 4.78 is 6.99. The van der Waals surface area contributed by atoms with Crippen molar-refractivity contribution in [3.63, 3.8) is 0 Å². The minimum Gasteiger partial charge on any atom is -0.466 e. The predicted molar refractivity (Wildman–Crippen MR) is 121 cm³/mol. The van der Waals surface area contributed by atoms with Crippen LogP contribution in [-0.4, -0.2) is 43.9 Å². The van der Waals surface area contributed by atoms with E-state index in [2.05, 4.69) is 27.4 Å². The van der Waals surface area contributed by atoms with Crippen LogP contribution < -0.4 is 5.32 Å². The van der Waals surface area contributed by atoms with Crippen molar-refractivity contribution in [3.05, 3.63) is 65.1 Å². The van der Waals surface area contributed by atoms with Crippen molar-refractivity contribution in [2.75, 3.05) is 18.5 Å².